The van der Waals surface area contributed by atoms with Gasteiger partial charge in [0.05, 0.1) is 27.8 Å². The van der Waals surface area contributed by atoms with Crippen LogP contribution in [0, 0.1) is 17.2 Å². The number of rotatable bonds is 7. The average Bonchev–Trinajstić information content (AvgIpc) is 3.35. The first kappa shape index (κ1) is 26.9. The fourth-order valence-electron chi connectivity index (χ4n) is 5.43. The predicted octanol–water partition coefficient (Wildman–Crippen LogP) is 3.07. The van der Waals surface area contributed by atoms with Crippen molar-refractivity contribution < 1.29 is 9.59 Å². The lowest BCUT2D eigenvalue weighted by Crippen LogP contribution is -2.47. The number of nitriles is 1. The summed E-state index contributed by atoms with van der Waals surface area (Å²) in [6.45, 7) is 4.69. The molecule has 1 saturated carbocycles. The SMILES string of the molecule is CN(Cc1ccc(C#N)c(Cl)c1)C(=O)Cn1cnc2ccc(N3CCN(CC4CCC(=O)C4)CC3)cc2c1=O. The molecular weight excluding hydrogens is 516 g/mol. The van der Waals surface area contributed by atoms with E-state index in [-0.39, 0.29) is 18.0 Å². The Morgan fingerprint density at radius 1 is 1.15 bits per heavy atom. The largest absolute Gasteiger partial charge is 0.369 e. The van der Waals surface area contributed by atoms with Crippen molar-refractivity contribution >= 4 is 39.9 Å². The summed E-state index contributed by atoms with van der Waals surface area (Å²) in [7, 11) is 1.66. The Balaban J connectivity index is 1.24. The highest BCUT2D eigenvalue weighted by Crippen LogP contribution is 2.25. The van der Waals surface area contributed by atoms with Crippen molar-refractivity contribution in [2.24, 2.45) is 5.92 Å². The van der Waals surface area contributed by atoms with Gasteiger partial charge in [-0.3, -0.25) is 23.9 Å². The fraction of sp³-hybridized carbons (Fsp3) is 0.414. The van der Waals surface area contributed by atoms with Gasteiger partial charge in [0.2, 0.25) is 5.91 Å². The van der Waals surface area contributed by atoms with E-state index < -0.39 is 0 Å². The van der Waals surface area contributed by atoms with Crippen LogP contribution in [-0.4, -0.2) is 70.8 Å². The van der Waals surface area contributed by atoms with E-state index in [1.54, 1.807) is 25.2 Å². The molecule has 0 radical (unpaired) electrons. The molecule has 1 unspecified atom stereocenters. The number of anilines is 1. The van der Waals surface area contributed by atoms with E-state index in [2.05, 4.69) is 14.8 Å². The maximum atomic E-state index is 13.3. The molecule has 1 aliphatic heterocycles. The second-order valence-corrected chi connectivity index (χ2v) is 10.9. The number of hydrogen-bond donors (Lipinski definition) is 0. The predicted molar refractivity (Wildman–Crippen MR) is 150 cm³/mol. The molecule has 1 aromatic heterocycles. The van der Waals surface area contributed by atoms with E-state index in [0.717, 1.165) is 56.8 Å². The number of benzene rings is 2. The molecule has 0 bridgehead atoms. The van der Waals surface area contributed by atoms with Gasteiger partial charge in [0.25, 0.3) is 5.56 Å². The molecular formula is C29H31ClN6O3. The number of hydrogen-bond acceptors (Lipinski definition) is 7. The molecule has 2 aromatic carbocycles. The molecule has 39 heavy (non-hydrogen) atoms. The molecule has 2 heterocycles. The minimum atomic E-state index is -0.255. The zero-order chi connectivity index (χ0) is 27.5. The number of carbonyl (C=O) groups excluding carboxylic acids is 2. The van der Waals surface area contributed by atoms with Gasteiger partial charge in [0.1, 0.15) is 18.4 Å². The summed E-state index contributed by atoms with van der Waals surface area (Å²) in [5.74, 6) is 0.631. The van der Waals surface area contributed by atoms with Crippen LogP contribution >= 0.6 is 11.6 Å². The molecule has 2 fully saturated rings. The van der Waals surface area contributed by atoms with E-state index in [1.165, 1.54) is 15.8 Å². The third-order valence-corrected chi connectivity index (χ3v) is 8.03. The number of piperazine rings is 1. The summed E-state index contributed by atoms with van der Waals surface area (Å²) >= 11 is 6.12. The third kappa shape index (κ3) is 6.13. The maximum absolute atomic E-state index is 13.3. The fourth-order valence-corrected chi connectivity index (χ4v) is 5.68. The van der Waals surface area contributed by atoms with Crippen LogP contribution in [0.4, 0.5) is 5.69 Å². The summed E-state index contributed by atoms with van der Waals surface area (Å²) in [5.41, 5.74) is 2.48. The van der Waals surface area contributed by atoms with Crippen LogP contribution in [0.1, 0.15) is 30.4 Å². The smallest absolute Gasteiger partial charge is 0.261 e. The topological polar surface area (TPSA) is 103 Å². The van der Waals surface area contributed by atoms with Crippen molar-refractivity contribution in [3.8, 4) is 6.07 Å². The molecule has 3 aromatic rings. The van der Waals surface area contributed by atoms with Gasteiger partial charge >= 0.3 is 0 Å². The van der Waals surface area contributed by atoms with Crippen LogP contribution in [0.5, 0.6) is 0 Å². The van der Waals surface area contributed by atoms with Crippen LogP contribution in [0.2, 0.25) is 5.02 Å². The minimum absolute atomic E-state index is 0.130. The van der Waals surface area contributed by atoms with Crippen LogP contribution < -0.4 is 10.5 Å². The van der Waals surface area contributed by atoms with E-state index in [0.29, 0.717) is 46.2 Å². The van der Waals surface area contributed by atoms with Gasteiger partial charge in [-0.15, -0.1) is 0 Å². The molecule has 1 aliphatic carbocycles. The molecule has 1 amide bonds. The van der Waals surface area contributed by atoms with E-state index in [4.69, 9.17) is 16.9 Å². The van der Waals surface area contributed by atoms with Gasteiger partial charge in [0.15, 0.2) is 0 Å². The Bertz CT molecular complexity index is 1510. The lowest BCUT2D eigenvalue weighted by atomic mass is 10.1. The van der Waals surface area contributed by atoms with Crippen LogP contribution in [0.15, 0.2) is 47.5 Å². The van der Waals surface area contributed by atoms with Gasteiger partial charge < -0.3 is 9.80 Å². The number of halogens is 1. The Morgan fingerprint density at radius 3 is 2.64 bits per heavy atom. The Hall–Kier alpha value is -3.74. The van der Waals surface area contributed by atoms with Crippen molar-refractivity contribution in [1.82, 2.24) is 19.4 Å². The first-order valence-corrected chi connectivity index (χ1v) is 13.6. The minimum Gasteiger partial charge on any atom is -0.369 e. The number of likely N-dealkylation sites (N-methyl/N-ethyl adjacent to an activating group) is 1. The molecule has 2 aliphatic rings. The molecule has 0 spiro atoms. The molecule has 1 atom stereocenters. The second kappa shape index (κ2) is 11.6. The molecule has 9 nitrogen and oxygen atoms in total. The van der Waals surface area contributed by atoms with E-state index in [1.807, 2.05) is 24.3 Å². The van der Waals surface area contributed by atoms with Crippen molar-refractivity contribution in [3.05, 3.63) is 69.2 Å². The average molecular weight is 547 g/mol. The van der Waals surface area contributed by atoms with Crippen LogP contribution in [0.3, 0.4) is 0 Å². The summed E-state index contributed by atoms with van der Waals surface area (Å²) in [5, 5.41) is 9.87. The zero-order valence-corrected chi connectivity index (χ0v) is 22.7. The second-order valence-electron chi connectivity index (χ2n) is 10.5. The summed E-state index contributed by atoms with van der Waals surface area (Å²) < 4.78 is 1.34. The van der Waals surface area contributed by atoms with Gasteiger partial charge in [-0.05, 0) is 48.2 Å². The summed E-state index contributed by atoms with van der Waals surface area (Å²) in [6.07, 6.45) is 3.86. The number of carbonyl (C=O) groups is 2. The third-order valence-electron chi connectivity index (χ3n) is 7.71. The Morgan fingerprint density at radius 2 is 1.95 bits per heavy atom. The van der Waals surface area contributed by atoms with Gasteiger partial charge in [-0.2, -0.15) is 5.26 Å². The number of fused-ring (bicyclic) bond motifs is 1. The van der Waals surface area contributed by atoms with Crippen LogP contribution in [-0.2, 0) is 22.7 Å². The molecule has 202 valence electrons. The molecule has 0 N–H and O–H groups in total. The summed E-state index contributed by atoms with van der Waals surface area (Å²) in [6, 6.07) is 12.8. The monoisotopic (exact) mass is 546 g/mol. The van der Waals surface area contributed by atoms with Crippen molar-refractivity contribution in [2.75, 3.05) is 44.7 Å². The quantitative estimate of drug-likeness (QED) is 0.448. The first-order chi connectivity index (χ1) is 18.8. The Kier molecular flexibility index (Phi) is 7.96. The Labute approximate surface area is 232 Å². The molecule has 5 rings (SSSR count). The molecule has 1 saturated heterocycles. The maximum Gasteiger partial charge on any atom is 0.261 e. The number of Topliss-reactive ketones (excluding diaryl/α,β-unsaturated/α-hetero) is 1. The number of nitrogens with zero attached hydrogens (tertiary/aromatic N) is 6. The number of ketones is 1. The highest BCUT2D eigenvalue weighted by Gasteiger charge is 2.26. The van der Waals surface area contributed by atoms with Gasteiger partial charge in [-0.25, -0.2) is 4.98 Å². The number of aromatic nitrogens is 2. The lowest BCUT2D eigenvalue weighted by Gasteiger charge is -2.37. The lowest BCUT2D eigenvalue weighted by molar-refractivity contribution is -0.131. The highest BCUT2D eigenvalue weighted by atomic mass is 35.5. The molecule has 10 heteroatoms. The van der Waals surface area contributed by atoms with Crippen molar-refractivity contribution in [3.63, 3.8) is 0 Å². The zero-order valence-electron chi connectivity index (χ0n) is 22.0. The van der Waals surface area contributed by atoms with Crippen molar-refractivity contribution in [2.45, 2.75) is 32.4 Å². The van der Waals surface area contributed by atoms with Crippen LogP contribution in [0.25, 0.3) is 10.9 Å². The standard InChI is InChI=1S/C29H31ClN6O3/c1-33(16-21-2-4-22(15-31)26(30)13-21)28(38)18-36-19-32-27-7-5-23(14-25(27)29(36)39)35-10-8-34(9-11-35)17-20-3-6-24(37)12-20/h2,4-5,7,13-14,19-20H,3,6,8-12,16-18H2,1H3. The number of amides is 1. The van der Waals surface area contributed by atoms with Crippen molar-refractivity contribution in [1.29, 1.82) is 5.26 Å². The van der Waals surface area contributed by atoms with E-state index in [9.17, 15) is 14.4 Å². The summed E-state index contributed by atoms with van der Waals surface area (Å²) in [4.78, 5) is 48.5. The van der Waals surface area contributed by atoms with E-state index >= 15 is 0 Å². The van der Waals surface area contributed by atoms with Gasteiger partial charge in [-0.1, -0.05) is 17.7 Å². The highest BCUT2D eigenvalue weighted by molar-refractivity contribution is 6.31. The first-order valence-electron chi connectivity index (χ1n) is 13.2. The van der Waals surface area contributed by atoms with Gasteiger partial charge in [0, 0.05) is 64.8 Å². The normalized spacial score (nSPS) is 17.9.